The Bertz CT molecular complexity index is 1700. The van der Waals surface area contributed by atoms with Gasteiger partial charge in [0.15, 0.2) is 0 Å². The summed E-state index contributed by atoms with van der Waals surface area (Å²) in [6.45, 7) is 14.6. The molecule has 1 aromatic carbocycles. The van der Waals surface area contributed by atoms with Gasteiger partial charge in [0.25, 0.3) is 0 Å². The molecule has 2 aliphatic rings. The summed E-state index contributed by atoms with van der Waals surface area (Å²) in [7, 11) is 0. The Morgan fingerprint density at radius 2 is 1.10 bits per heavy atom. The van der Waals surface area contributed by atoms with E-state index in [1.807, 2.05) is 12.1 Å². The van der Waals surface area contributed by atoms with Crippen molar-refractivity contribution in [1.82, 2.24) is 0 Å². The molecule has 0 amide bonds. The van der Waals surface area contributed by atoms with Gasteiger partial charge < -0.3 is 0 Å². The van der Waals surface area contributed by atoms with Crippen molar-refractivity contribution >= 4 is 93.0 Å². The molecule has 0 unspecified atom stereocenters. The van der Waals surface area contributed by atoms with E-state index in [0.717, 1.165) is 30.6 Å². The fraction of sp³-hybridized carbons (Fsp3) is 0.133. The molecule has 0 saturated carbocycles. The maximum absolute atomic E-state index is 9.31. The van der Waals surface area contributed by atoms with Crippen molar-refractivity contribution in [3.05, 3.63) is 99.0 Å². The highest BCUT2D eigenvalue weighted by Crippen LogP contribution is 2.59. The van der Waals surface area contributed by atoms with Crippen LogP contribution in [-0.2, 0) is 0 Å². The van der Waals surface area contributed by atoms with Gasteiger partial charge in [-0.15, -0.1) is 69.7 Å². The highest BCUT2D eigenvalue weighted by molar-refractivity contribution is 8.22. The second-order valence-corrected chi connectivity index (χ2v) is 14.3. The fourth-order valence-corrected chi connectivity index (χ4v) is 10.2. The van der Waals surface area contributed by atoms with E-state index >= 15 is 0 Å². The summed E-state index contributed by atoms with van der Waals surface area (Å²) < 4.78 is 2.43. The first-order chi connectivity index (χ1) is 19.5. The van der Waals surface area contributed by atoms with Crippen molar-refractivity contribution in [1.29, 1.82) is 10.5 Å². The standard InChI is InChI=1S/C30H18N4S6/c1-33-24(34-2)10-17-9-23-26(30(37-5)38-6)19-11-20-18(12-21(19)28(23)40-17)25(29(35-3)36-4)22-8-16(39-27(20)22)7-15(13-31)14-32/h7-12H,3-6H3. The topological polar surface area (TPSA) is 56.3 Å². The van der Waals surface area contributed by atoms with E-state index < -0.39 is 0 Å². The lowest BCUT2D eigenvalue weighted by Crippen LogP contribution is -1.90. The van der Waals surface area contributed by atoms with Crippen molar-refractivity contribution in [3.63, 3.8) is 0 Å². The molecule has 40 heavy (non-hydrogen) atoms. The normalized spacial score (nSPS) is 11.7. The van der Waals surface area contributed by atoms with Gasteiger partial charge in [-0.05, 0) is 66.5 Å². The Labute approximate surface area is 258 Å². The zero-order chi connectivity index (χ0) is 28.6. The van der Waals surface area contributed by atoms with Crippen LogP contribution in [0.4, 0.5) is 0 Å². The summed E-state index contributed by atoms with van der Waals surface area (Å²) in [5.74, 6) is 0.0645. The molecule has 2 aliphatic carbocycles. The molecule has 0 N–H and O–H groups in total. The highest BCUT2D eigenvalue weighted by Gasteiger charge is 2.35. The molecule has 0 radical (unpaired) electrons. The van der Waals surface area contributed by atoms with Crippen LogP contribution < -0.4 is 0 Å². The molecule has 3 aromatic rings. The number of rotatable bonds is 6. The molecule has 4 nitrogen and oxygen atoms in total. The number of allylic oxidation sites excluding steroid dienone is 1. The molecule has 0 aliphatic heterocycles. The van der Waals surface area contributed by atoms with Gasteiger partial charge in [-0.25, -0.2) is 0 Å². The lowest BCUT2D eigenvalue weighted by Gasteiger charge is -2.13. The average Bonchev–Trinajstić information content (AvgIpc) is 3.71. The Kier molecular flexibility index (Phi) is 8.41. The number of hydrogen-bond donors (Lipinski definition) is 0. The van der Waals surface area contributed by atoms with E-state index in [-0.39, 0.29) is 11.4 Å². The lowest BCUT2D eigenvalue weighted by molar-refractivity contribution is 1.47. The zero-order valence-electron chi connectivity index (χ0n) is 21.7. The molecule has 2 heterocycles. The summed E-state index contributed by atoms with van der Waals surface area (Å²) in [5, 5.41) is 18.6. The van der Waals surface area contributed by atoms with Crippen molar-refractivity contribution < 1.29 is 0 Å². The molecule has 0 atom stereocenters. The molecule has 0 saturated heterocycles. The summed E-state index contributed by atoms with van der Waals surface area (Å²) in [4.78, 5) is 10.8. The number of fused-ring (bicyclic) bond motifs is 6. The highest BCUT2D eigenvalue weighted by atomic mass is 32.2. The Morgan fingerprint density at radius 3 is 1.48 bits per heavy atom. The van der Waals surface area contributed by atoms with Crippen LogP contribution in [0.5, 0.6) is 0 Å². The summed E-state index contributed by atoms with van der Waals surface area (Å²) in [6.07, 6.45) is 11.7. The monoisotopic (exact) mass is 626 g/mol. The lowest BCUT2D eigenvalue weighted by atomic mass is 9.98. The SMILES string of the molecule is [C-]#[N+]C(=Cc1cc2c(s1)-c1cc3c(cc1C2=C(SC)SC)-c1sc(C=C(C#N)C#N)cc1C3=C(SC)SC)[N+]#[C-]. The summed E-state index contributed by atoms with van der Waals surface area (Å²) in [5.41, 5.74) is 9.47. The van der Waals surface area contributed by atoms with E-state index in [1.54, 1.807) is 81.9 Å². The largest absolute Gasteiger partial charge is 0.520 e. The third kappa shape index (κ3) is 4.66. The van der Waals surface area contributed by atoms with Crippen LogP contribution >= 0.6 is 69.7 Å². The van der Waals surface area contributed by atoms with Crippen LogP contribution in [0.3, 0.4) is 0 Å². The van der Waals surface area contributed by atoms with Gasteiger partial charge in [0.2, 0.25) is 0 Å². The molecule has 0 bridgehead atoms. The molecule has 2 aromatic heterocycles. The maximum Gasteiger partial charge on any atom is 0.520 e. The van der Waals surface area contributed by atoms with Crippen molar-refractivity contribution in [2.75, 3.05) is 25.0 Å². The van der Waals surface area contributed by atoms with E-state index in [2.05, 4.69) is 59.0 Å². The number of nitrogens with zero attached hydrogens (tertiary/aromatic N) is 4. The van der Waals surface area contributed by atoms with E-state index in [4.69, 9.17) is 13.1 Å². The fourth-order valence-electron chi connectivity index (χ4n) is 4.88. The second-order valence-electron chi connectivity index (χ2n) is 8.38. The minimum Gasteiger partial charge on any atom is -0.192 e. The quantitative estimate of drug-likeness (QED) is 0.138. The molecule has 194 valence electrons. The smallest absolute Gasteiger partial charge is 0.192 e. The van der Waals surface area contributed by atoms with Crippen LogP contribution in [0, 0.1) is 35.8 Å². The van der Waals surface area contributed by atoms with Gasteiger partial charge in [0.05, 0.1) is 0 Å². The van der Waals surface area contributed by atoms with Gasteiger partial charge >= 0.3 is 5.82 Å². The van der Waals surface area contributed by atoms with Crippen LogP contribution in [0.25, 0.3) is 53.9 Å². The van der Waals surface area contributed by atoms with Crippen molar-refractivity contribution in [2.45, 2.75) is 0 Å². The Balaban J connectivity index is 1.81. The molecule has 10 heteroatoms. The van der Waals surface area contributed by atoms with Crippen molar-refractivity contribution in [2.24, 2.45) is 0 Å². The molecule has 5 rings (SSSR count). The molecular weight excluding hydrogens is 609 g/mol. The van der Waals surface area contributed by atoms with Gasteiger partial charge in [0, 0.05) is 67.5 Å². The first-order valence-electron chi connectivity index (χ1n) is 11.6. The van der Waals surface area contributed by atoms with Gasteiger partial charge in [-0.1, -0.05) is 0 Å². The average molecular weight is 627 g/mol. The first kappa shape index (κ1) is 28.5. The third-order valence-corrected chi connectivity index (χ3v) is 12.9. The summed E-state index contributed by atoms with van der Waals surface area (Å²) in [6, 6.07) is 12.8. The number of hydrogen-bond acceptors (Lipinski definition) is 8. The van der Waals surface area contributed by atoms with Crippen LogP contribution in [0.1, 0.15) is 32.0 Å². The van der Waals surface area contributed by atoms with Gasteiger partial charge in [-0.2, -0.15) is 20.2 Å². The van der Waals surface area contributed by atoms with Gasteiger partial charge in [-0.3, -0.25) is 0 Å². The Hall–Kier alpha value is -3.06. The third-order valence-electron chi connectivity index (χ3n) is 6.40. The van der Waals surface area contributed by atoms with Crippen LogP contribution in [-0.4, -0.2) is 25.0 Å². The minimum atomic E-state index is 0.0645. The van der Waals surface area contributed by atoms with Crippen molar-refractivity contribution in [3.8, 4) is 33.0 Å². The van der Waals surface area contributed by atoms with E-state index in [1.165, 1.54) is 41.9 Å². The Morgan fingerprint density at radius 1 is 0.675 bits per heavy atom. The number of nitriles is 2. The number of benzene rings is 1. The van der Waals surface area contributed by atoms with Gasteiger partial charge in [0.1, 0.15) is 30.9 Å². The maximum atomic E-state index is 9.31. The van der Waals surface area contributed by atoms with Crippen LogP contribution in [0.2, 0.25) is 0 Å². The summed E-state index contributed by atoms with van der Waals surface area (Å²) >= 11 is 10.1. The second kappa shape index (κ2) is 11.8. The van der Waals surface area contributed by atoms with E-state index in [0.29, 0.717) is 0 Å². The first-order valence-corrected chi connectivity index (χ1v) is 18.1. The predicted molar refractivity (Wildman–Crippen MR) is 180 cm³/mol. The number of thioether (sulfide) groups is 4. The number of thiophene rings is 2. The predicted octanol–water partition coefficient (Wildman–Crippen LogP) is 10.2. The molecular formula is C30H18N4S6. The minimum absolute atomic E-state index is 0.0645. The van der Waals surface area contributed by atoms with E-state index in [9.17, 15) is 10.5 Å². The van der Waals surface area contributed by atoms with Crippen LogP contribution in [0.15, 0.2) is 44.1 Å². The molecule has 0 fully saturated rings. The zero-order valence-corrected chi connectivity index (χ0v) is 26.6. The molecule has 0 spiro atoms.